The van der Waals surface area contributed by atoms with Crippen LogP contribution in [0.5, 0.6) is 0 Å². The van der Waals surface area contributed by atoms with Gasteiger partial charge in [0.15, 0.2) is 0 Å². The van der Waals surface area contributed by atoms with E-state index < -0.39 is 12.0 Å². The molecular weight excluding hydrogens is 235 g/mol. The summed E-state index contributed by atoms with van der Waals surface area (Å²) < 4.78 is 13.5. The quantitative estimate of drug-likeness (QED) is 0.847. The number of hydrogen-bond acceptors (Lipinski definition) is 3. The molecule has 0 bridgehead atoms. The molecule has 0 amide bonds. The second kappa shape index (κ2) is 5.46. The van der Waals surface area contributed by atoms with E-state index in [9.17, 15) is 14.3 Å². The van der Waals surface area contributed by atoms with Crippen molar-refractivity contribution in [2.45, 2.75) is 13.0 Å². The fourth-order valence-electron chi connectivity index (χ4n) is 2.23. The third-order valence-electron chi connectivity index (χ3n) is 3.26. The monoisotopic (exact) mass is 252 g/mol. The highest BCUT2D eigenvalue weighted by Gasteiger charge is 2.28. The Morgan fingerprint density at radius 1 is 1.44 bits per heavy atom. The van der Waals surface area contributed by atoms with E-state index in [1.807, 2.05) is 4.90 Å². The number of piperazine rings is 1. The molecule has 1 atom stereocenters. The number of hydrogen-bond donors (Lipinski definition) is 2. The van der Waals surface area contributed by atoms with Crippen LogP contribution in [0.2, 0.25) is 0 Å². The largest absolute Gasteiger partial charge is 0.480 e. The van der Waals surface area contributed by atoms with Crippen LogP contribution in [0, 0.1) is 12.7 Å². The lowest BCUT2D eigenvalue weighted by molar-refractivity contribution is -0.143. The minimum Gasteiger partial charge on any atom is -0.480 e. The summed E-state index contributed by atoms with van der Waals surface area (Å²) in [5.41, 5.74) is 1.04. The van der Waals surface area contributed by atoms with Gasteiger partial charge in [-0.3, -0.25) is 9.69 Å². The number of aliphatic carboxylic acids is 1. The second-order valence-corrected chi connectivity index (χ2v) is 4.54. The van der Waals surface area contributed by atoms with Gasteiger partial charge in [0.25, 0.3) is 0 Å². The first-order chi connectivity index (χ1) is 8.59. The highest BCUT2D eigenvalue weighted by atomic mass is 19.1. The molecular formula is C13H17FN2O2. The first kappa shape index (κ1) is 13.0. The molecule has 0 radical (unpaired) electrons. The summed E-state index contributed by atoms with van der Waals surface area (Å²) in [6.45, 7) is 4.51. The Bertz CT molecular complexity index is 445. The molecule has 1 aliphatic heterocycles. The fourth-order valence-corrected chi connectivity index (χ4v) is 2.23. The lowest BCUT2D eigenvalue weighted by Crippen LogP contribution is -2.47. The Kier molecular flexibility index (Phi) is 3.93. The topological polar surface area (TPSA) is 52.6 Å². The average Bonchev–Trinajstić information content (AvgIpc) is 2.35. The molecule has 1 heterocycles. The number of rotatable bonds is 3. The average molecular weight is 252 g/mol. The van der Waals surface area contributed by atoms with Crippen molar-refractivity contribution in [1.82, 2.24) is 10.2 Å². The van der Waals surface area contributed by atoms with Gasteiger partial charge in [0.1, 0.15) is 11.9 Å². The van der Waals surface area contributed by atoms with E-state index in [0.717, 1.165) is 13.1 Å². The smallest absolute Gasteiger partial charge is 0.325 e. The lowest BCUT2D eigenvalue weighted by Gasteiger charge is -2.32. The fraction of sp³-hybridized carbons (Fsp3) is 0.462. The van der Waals surface area contributed by atoms with Crippen LogP contribution in [0.4, 0.5) is 4.39 Å². The van der Waals surface area contributed by atoms with Crippen molar-refractivity contribution in [3.63, 3.8) is 0 Å². The van der Waals surface area contributed by atoms with Crippen LogP contribution in [0.3, 0.4) is 0 Å². The van der Waals surface area contributed by atoms with Crippen LogP contribution in [0.1, 0.15) is 17.2 Å². The van der Waals surface area contributed by atoms with Crippen molar-refractivity contribution >= 4 is 5.97 Å². The zero-order chi connectivity index (χ0) is 13.1. The molecule has 0 spiro atoms. The van der Waals surface area contributed by atoms with Gasteiger partial charge in [-0.2, -0.15) is 0 Å². The molecule has 1 saturated heterocycles. The molecule has 2 rings (SSSR count). The second-order valence-electron chi connectivity index (χ2n) is 4.54. The summed E-state index contributed by atoms with van der Waals surface area (Å²) in [6.07, 6.45) is 0. The normalized spacial score (nSPS) is 18.6. The molecule has 1 fully saturated rings. The molecule has 1 aromatic rings. The molecule has 1 aliphatic rings. The number of nitrogens with one attached hydrogen (secondary N) is 1. The van der Waals surface area contributed by atoms with E-state index in [0.29, 0.717) is 24.2 Å². The third-order valence-corrected chi connectivity index (χ3v) is 3.26. The summed E-state index contributed by atoms with van der Waals surface area (Å²) in [7, 11) is 0. The Morgan fingerprint density at radius 2 is 2.11 bits per heavy atom. The summed E-state index contributed by atoms with van der Waals surface area (Å²) in [6, 6.07) is 3.89. The van der Waals surface area contributed by atoms with Gasteiger partial charge in [0.05, 0.1) is 0 Å². The van der Waals surface area contributed by atoms with E-state index in [-0.39, 0.29) is 5.82 Å². The molecule has 0 aliphatic carbocycles. The minimum atomic E-state index is -0.930. The van der Waals surface area contributed by atoms with Crippen LogP contribution < -0.4 is 5.32 Å². The predicted octanol–water partition coefficient (Wildman–Crippen LogP) is 1.17. The summed E-state index contributed by atoms with van der Waals surface area (Å²) in [5.74, 6) is -1.28. The maximum absolute atomic E-state index is 13.5. The Morgan fingerprint density at radius 3 is 2.67 bits per heavy atom. The molecule has 1 aromatic carbocycles. The minimum absolute atomic E-state index is 0.353. The number of nitrogens with zero attached hydrogens (tertiary/aromatic N) is 1. The van der Waals surface area contributed by atoms with Crippen LogP contribution >= 0.6 is 0 Å². The predicted molar refractivity (Wildman–Crippen MR) is 66.0 cm³/mol. The van der Waals surface area contributed by atoms with Crippen molar-refractivity contribution in [1.29, 1.82) is 0 Å². The van der Waals surface area contributed by atoms with Crippen molar-refractivity contribution in [2.24, 2.45) is 0 Å². The SMILES string of the molecule is Cc1ccc(C(C(=O)O)N2CCNCC2)cc1F. The van der Waals surface area contributed by atoms with E-state index >= 15 is 0 Å². The van der Waals surface area contributed by atoms with Gasteiger partial charge in [-0.25, -0.2) is 4.39 Å². The van der Waals surface area contributed by atoms with Gasteiger partial charge < -0.3 is 10.4 Å². The van der Waals surface area contributed by atoms with Crippen molar-refractivity contribution in [2.75, 3.05) is 26.2 Å². The molecule has 0 saturated carbocycles. The van der Waals surface area contributed by atoms with Crippen LogP contribution in [-0.4, -0.2) is 42.2 Å². The molecule has 5 heteroatoms. The highest BCUT2D eigenvalue weighted by Crippen LogP contribution is 2.23. The standard InChI is InChI=1S/C13H17FN2O2/c1-9-2-3-10(8-11(9)14)12(13(17)18)16-6-4-15-5-7-16/h2-3,8,12,15H,4-7H2,1H3,(H,17,18). The molecule has 98 valence electrons. The van der Waals surface area contributed by atoms with Gasteiger partial charge >= 0.3 is 5.97 Å². The first-order valence-corrected chi connectivity index (χ1v) is 6.03. The van der Waals surface area contributed by atoms with Crippen molar-refractivity contribution < 1.29 is 14.3 Å². The third kappa shape index (κ3) is 2.68. The van der Waals surface area contributed by atoms with E-state index in [1.165, 1.54) is 6.07 Å². The van der Waals surface area contributed by atoms with E-state index in [2.05, 4.69) is 5.32 Å². The maximum Gasteiger partial charge on any atom is 0.325 e. The number of carboxylic acids is 1. The Balaban J connectivity index is 2.28. The number of carboxylic acid groups (broad SMARTS) is 1. The van der Waals surface area contributed by atoms with Crippen molar-refractivity contribution in [3.05, 3.63) is 35.1 Å². The number of benzene rings is 1. The molecule has 18 heavy (non-hydrogen) atoms. The number of aryl methyl sites for hydroxylation is 1. The van der Waals surface area contributed by atoms with E-state index in [4.69, 9.17) is 0 Å². The zero-order valence-electron chi connectivity index (χ0n) is 10.3. The highest BCUT2D eigenvalue weighted by molar-refractivity contribution is 5.75. The van der Waals surface area contributed by atoms with Crippen LogP contribution in [0.25, 0.3) is 0 Å². The molecule has 0 aromatic heterocycles. The first-order valence-electron chi connectivity index (χ1n) is 6.03. The lowest BCUT2D eigenvalue weighted by atomic mass is 10.0. The maximum atomic E-state index is 13.5. The van der Waals surface area contributed by atoms with Gasteiger partial charge in [0.2, 0.25) is 0 Å². The summed E-state index contributed by atoms with van der Waals surface area (Å²) in [4.78, 5) is 13.3. The molecule has 4 nitrogen and oxygen atoms in total. The molecule has 2 N–H and O–H groups in total. The van der Waals surface area contributed by atoms with Crippen LogP contribution in [-0.2, 0) is 4.79 Å². The Hall–Kier alpha value is -1.46. The van der Waals surface area contributed by atoms with E-state index in [1.54, 1.807) is 19.1 Å². The number of halogens is 1. The molecule has 1 unspecified atom stereocenters. The van der Waals surface area contributed by atoms with Gasteiger partial charge in [-0.05, 0) is 24.1 Å². The summed E-state index contributed by atoms with van der Waals surface area (Å²) in [5, 5.41) is 12.5. The van der Waals surface area contributed by atoms with Gasteiger partial charge in [-0.1, -0.05) is 12.1 Å². The van der Waals surface area contributed by atoms with Gasteiger partial charge in [-0.15, -0.1) is 0 Å². The van der Waals surface area contributed by atoms with Gasteiger partial charge in [0, 0.05) is 26.2 Å². The summed E-state index contributed by atoms with van der Waals surface area (Å²) >= 11 is 0. The zero-order valence-corrected chi connectivity index (χ0v) is 10.3. The number of carbonyl (C=O) groups is 1. The van der Waals surface area contributed by atoms with Crippen molar-refractivity contribution in [3.8, 4) is 0 Å². The Labute approximate surface area is 105 Å². The van der Waals surface area contributed by atoms with Crippen LogP contribution in [0.15, 0.2) is 18.2 Å².